The minimum Gasteiger partial charge on any atom is -0.394 e. The lowest BCUT2D eigenvalue weighted by Gasteiger charge is -2.14. The van der Waals surface area contributed by atoms with Gasteiger partial charge in [0.05, 0.1) is 30.1 Å². The zero-order valence-corrected chi connectivity index (χ0v) is 11.5. The highest BCUT2D eigenvalue weighted by atomic mass is 32.1. The molecule has 0 unspecified atom stereocenters. The lowest BCUT2D eigenvalue weighted by molar-refractivity contribution is 0.269. The molecule has 0 saturated heterocycles. The molecular formula is C12H18N4OS. The molecule has 0 amide bonds. The van der Waals surface area contributed by atoms with Gasteiger partial charge in [-0.3, -0.25) is 9.58 Å². The molecule has 0 aliphatic carbocycles. The molecule has 0 radical (unpaired) electrons. The van der Waals surface area contributed by atoms with Gasteiger partial charge in [-0.2, -0.15) is 5.10 Å². The summed E-state index contributed by atoms with van der Waals surface area (Å²) in [6, 6.07) is 0. The predicted molar refractivity (Wildman–Crippen MR) is 71.3 cm³/mol. The maximum Gasteiger partial charge on any atom is 0.0795 e. The average molecular weight is 266 g/mol. The van der Waals surface area contributed by atoms with E-state index in [0.717, 1.165) is 24.5 Å². The van der Waals surface area contributed by atoms with Crippen LogP contribution in [0.25, 0.3) is 0 Å². The summed E-state index contributed by atoms with van der Waals surface area (Å²) in [5.41, 5.74) is 5.17. The van der Waals surface area contributed by atoms with Gasteiger partial charge in [0.15, 0.2) is 0 Å². The first-order valence-electron chi connectivity index (χ1n) is 5.88. The molecule has 0 saturated carbocycles. The number of aliphatic hydroxyl groups excluding tert-OH is 1. The van der Waals surface area contributed by atoms with Gasteiger partial charge in [-0.1, -0.05) is 0 Å². The lowest BCUT2D eigenvalue weighted by Crippen LogP contribution is -2.17. The van der Waals surface area contributed by atoms with E-state index in [4.69, 9.17) is 5.11 Å². The first kappa shape index (κ1) is 13.2. The summed E-state index contributed by atoms with van der Waals surface area (Å²) < 4.78 is 1.79. The molecule has 6 heteroatoms. The highest BCUT2D eigenvalue weighted by Gasteiger charge is 2.08. The molecule has 0 spiro atoms. The van der Waals surface area contributed by atoms with Gasteiger partial charge in [-0.25, -0.2) is 4.98 Å². The number of rotatable bonds is 6. The van der Waals surface area contributed by atoms with Crippen molar-refractivity contribution in [3.05, 3.63) is 34.0 Å². The van der Waals surface area contributed by atoms with Gasteiger partial charge in [0, 0.05) is 30.2 Å². The molecule has 0 bridgehead atoms. The van der Waals surface area contributed by atoms with Crippen molar-refractivity contribution in [1.29, 1.82) is 0 Å². The molecule has 5 nitrogen and oxygen atoms in total. The third-order valence-electron chi connectivity index (χ3n) is 2.73. The van der Waals surface area contributed by atoms with E-state index in [9.17, 15) is 0 Å². The summed E-state index contributed by atoms with van der Waals surface area (Å²) in [4.78, 5) is 6.49. The molecule has 0 aromatic carbocycles. The number of thiazole rings is 1. The Balaban J connectivity index is 1.95. The number of aliphatic hydroxyl groups is 1. The van der Waals surface area contributed by atoms with Gasteiger partial charge >= 0.3 is 0 Å². The largest absolute Gasteiger partial charge is 0.394 e. The number of hydrogen-bond acceptors (Lipinski definition) is 5. The van der Waals surface area contributed by atoms with Crippen LogP contribution in [0.4, 0.5) is 0 Å². The van der Waals surface area contributed by atoms with Crippen LogP contribution in [0.1, 0.15) is 17.0 Å². The predicted octanol–water partition coefficient (Wildman–Crippen LogP) is 1.27. The smallest absolute Gasteiger partial charge is 0.0795 e. The quantitative estimate of drug-likeness (QED) is 0.855. The van der Waals surface area contributed by atoms with Gasteiger partial charge in [0.2, 0.25) is 0 Å². The Morgan fingerprint density at radius 2 is 2.28 bits per heavy atom. The van der Waals surface area contributed by atoms with E-state index in [1.54, 1.807) is 16.0 Å². The number of aryl methyl sites for hydroxylation is 1. The van der Waals surface area contributed by atoms with Crippen LogP contribution < -0.4 is 0 Å². The Bertz CT molecular complexity index is 480. The summed E-state index contributed by atoms with van der Waals surface area (Å²) in [7, 11) is 2.07. The van der Waals surface area contributed by atoms with E-state index in [1.807, 2.05) is 18.6 Å². The summed E-state index contributed by atoms with van der Waals surface area (Å²) in [6.07, 6.45) is 2.00. The second-order valence-electron chi connectivity index (χ2n) is 4.38. The van der Waals surface area contributed by atoms with Crippen molar-refractivity contribution in [3.8, 4) is 0 Å². The standard InChI is InChI=1S/C12H18N4OS/c1-10-11(6-16(14-10)3-4-17)5-15(2)7-12-8-18-9-13-12/h6,8-9,17H,3-5,7H2,1-2H3. The molecule has 2 heterocycles. The van der Waals surface area contributed by atoms with Crippen LogP contribution in [-0.4, -0.2) is 38.4 Å². The minimum absolute atomic E-state index is 0.120. The Morgan fingerprint density at radius 1 is 1.44 bits per heavy atom. The zero-order valence-electron chi connectivity index (χ0n) is 10.7. The van der Waals surface area contributed by atoms with Crippen LogP contribution in [0.2, 0.25) is 0 Å². The molecule has 98 valence electrons. The molecule has 2 aromatic heterocycles. The third-order valence-corrected chi connectivity index (χ3v) is 3.37. The van der Waals surface area contributed by atoms with E-state index >= 15 is 0 Å². The molecule has 2 aromatic rings. The Kier molecular flexibility index (Phi) is 4.46. The summed E-state index contributed by atoms with van der Waals surface area (Å²) >= 11 is 1.62. The Labute approximate surface area is 111 Å². The van der Waals surface area contributed by atoms with Crippen LogP contribution in [0.5, 0.6) is 0 Å². The fourth-order valence-electron chi connectivity index (χ4n) is 1.87. The molecule has 0 atom stereocenters. The number of aromatic nitrogens is 3. The van der Waals surface area contributed by atoms with E-state index in [0.29, 0.717) is 6.54 Å². The van der Waals surface area contributed by atoms with Crippen LogP contribution in [0, 0.1) is 6.92 Å². The molecule has 2 rings (SSSR count). The zero-order chi connectivity index (χ0) is 13.0. The van der Waals surface area contributed by atoms with Crippen molar-refractivity contribution < 1.29 is 5.11 Å². The maximum atomic E-state index is 8.89. The molecule has 0 fully saturated rings. The van der Waals surface area contributed by atoms with Gasteiger partial charge < -0.3 is 5.11 Å². The fraction of sp³-hybridized carbons (Fsp3) is 0.500. The molecule has 18 heavy (non-hydrogen) atoms. The van der Waals surface area contributed by atoms with Crippen LogP contribution in [0.3, 0.4) is 0 Å². The maximum absolute atomic E-state index is 8.89. The van der Waals surface area contributed by atoms with E-state index in [2.05, 4.69) is 27.4 Å². The molecule has 0 aliphatic heterocycles. The van der Waals surface area contributed by atoms with Crippen molar-refractivity contribution in [2.75, 3.05) is 13.7 Å². The molecule has 0 aliphatic rings. The second kappa shape index (κ2) is 6.08. The lowest BCUT2D eigenvalue weighted by atomic mass is 10.2. The monoisotopic (exact) mass is 266 g/mol. The van der Waals surface area contributed by atoms with Crippen molar-refractivity contribution in [3.63, 3.8) is 0 Å². The SMILES string of the molecule is Cc1nn(CCO)cc1CN(C)Cc1cscn1. The van der Waals surface area contributed by atoms with Crippen molar-refractivity contribution in [2.45, 2.75) is 26.6 Å². The van der Waals surface area contributed by atoms with Gasteiger partial charge in [0.25, 0.3) is 0 Å². The molecular weight excluding hydrogens is 248 g/mol. The van der Waals surface area contributed by atoms with Gasteiger partial charge in [0.1, 0.15) is 0 Å². The Morgan fingerprint density at radius 3 is 2.94 bits per heavy atom. The third kappa shape index (κ3) is 3.38. The highest BCUT2D eigenvalue weighted by Crippen LogP contribution is 2.11. The van der Waals surface area contributed by atoms with Crippen LogP contribution in [-0.2, 0) is 19.6 Å². The first-order chi connectivity index (χ1) is 8.69. The molecule has 1 N–H and O–H groups in total. The Hall–Kier alpha value is -1.24. The van der Waals surface area contributed by atoms with Gasteiger partial charge in [-0.05, 0) is 14.0 Å². The van der Waals surface area contributed by atoms with E-state index in [1.165, 1.54) is 5.56 Å². The van der Waals surface area contributed by atoms with Crippen molar-refractivity contribution in [1.82, 2.24) is 19.7 Å². The van der Waals surface area contributed by atoms with Crippen LogP contribution >= 0.6 is 11.3 Å². The average Bonchev–Trinajstić information content (AvgIpc) is 2.91. The van der Waals surface area contributed by atoms with Crippen LogP contribution in [0.15, 0.2) is 17.1 Å². The first-order valence-corrected chi connectivity index (χ1v) is 6.82. The summed E-state index contributed by atoms with van der Waals surface area (Å²) in [6.45, 7) is 4.36. The highest BCUT2D eigenvalue weighted by molar-refractivity contribution is 7.07. The van der Waals surface area contributed by atoms with Crippen molar-refractivity contribution >= 4 is 11.3 Å². The van der Waals surface area contributed by atoms with Gasteiger partial charge in [-0.15, -0.1) is 11.3 Å². The minimum atomic E-state index is 0.120. The fourth-order valence-corrected chi connectivity index (χ4v) is 2.42. The van der Waals surface area contributed by atoms with E-state index in [-0.39, 0.29) is 6.61 Å². The number of nitrogens with zero attached hydrogens (tertiary/aromatic N) is 4. The topological polar surface area (TPSA) is 54.2 Å². The van der Waals surface area contributed by atoms with E-state index < -0.39 is 0 Å². The number of hydrogen-bond donors (Lipinski definition) is 1. The summed E-state index contributed by atoms with van der Waals surface area (Å²) in [5.74, 6) is 0. The second-order valence-corrected chi connectivity index (χ2v) is 5.10. The van der Waals surface area contributed by atoms with Crippen molar-refractivity contribution in [2.24, 2.45) is 0 Å². The normalized spacial score (nSPS) is 11.3. The summed E-state index contributed by atoms with van der Waals surface area (Å²) in [5, 5.41) is 15.3.